The zero-order valence-electron chi connectivity index (χ0n) is 17.1. The number of rotatable bonds is 6. The summed E-state index contributed by atoms with van der Waals surface area (Å²) in [5.41, 5.74) is 3.62. The Morgan fingerprint density at radius 2 is 1.52 bits per heavy atom. The highest BCUT2D eigenvalue weighted by molar-refractivity contribution is 5.71. The number of hydrogen-bond acceptors (Lipinski definition) is 3. The third kappa shape index (κ3) is 6.39. The fourth-order valence-electron chi connectivity index (χ4n) is 2.88. The molecule has 0 spiro atoms. The fraction of sp³-hybridized carbons (Fsp3) is 0.240. The Bertz CT molecular complexity index is 931. The zero-order valence-corrected chi connectivity index (χ0v) is 17.1. The maximum absolute atomic E-state index is 12.0. The van der Waals surface area contributed by atoms with Gasteiger partial charge in [0, 0.05) is 12.1 Å². The molecule has 0 aliphatic rings. The van der Waals surface area contributed by atoms with E-state index < -0.39 is 11.7 Å². The number of alkyl carbamates (subject to hydrolysis) is 1. The largest absolute Gasteiger partial charge is 0.488 e. The molecule has 0 radical (unpaired) electrons. The SMILES string of the molecule is CC(C)(C)OC(=O)NCc1ccc(-c2ccccc2)c(OCc2ccccc2)c1. The van der Waals surface area contributed by atoms with Crippen LogP contribution in [0.5, 0.6) is 5.75 Å². The van der Waals surface area contributed by atoms with Crippen LogP contribution in [0, 0.1) is 0 Å². The molecule has 3 rings (SSSR count). The highest BCUT2D eigenvalue weighted by atomic mass is 16.6. The first-order valence-electron chi connectivity index (χ1n) is 9.73. The van der Waals surface area contributed by atoms with Crippen molar-refractivity contribution in [1.82, 2.24) is 5.32 Å². The van der Waals surface area contributed by atoms with E-state index in [9.17, 15) is 4.79 Å². The lowest BCUT2D eigenvalue weighted by molar-refractivity contribution is 0.0523. The van der Waals surface area contributed by atoms with Crippen molar-refractivity contribution in [3.8, 4) is 16.9 Å². The van der Waals surface area contributed by atoms with Gasteiger partial charge in [-0.1, -0.05) is 72.8 Å². The molecule has 1 amide bonds. The third-order valence-electron chi connectivity index (χ3n) is 4.20. The summed E-state index contributed by atoms with van der Waals surface area (Å²) in [5.74, 6) is 0.781. The Balaban J connectivity index is 1.78. The quantitative estimate of drug-likeness (QED) is 0.566. The summed E-state index contributed by atoms with van der Waals surface area (Å²) < 4.78 is 11.5. The van der Waals surface area contributed by atoms with Crippen LogP contribution in [0.2, 0.25) is 0 Å². The van der Waals surface area contributed by atoms with E-state index in [1.54, 1.807) is 0 Å². The molecule has 29 heavy (non-hydrogen) atoms. The second-order valence-electron chi connectivity index (χ2n) is 7.83. The highest BCUT2D eigenvalue weighted by Gasteiger charge is 2.16. The standard InChI is InChI=1S/C25H27NO3/c1-25(2,3)29-24(27)26-17-20-14-15-22(21-12-8-5-9-13-21)23(16-20)28-18-19-10-6-4-7-11-19/h4-16H,17-18H2,1-3H3,(H,26,27). The molecular weight excluding hydrogens is 362 g/mol. The van der Waals surface area contributed by atoms with E-state index in [0.717, 1.165) is 28.0 Å². The highest BCUT2D eigenvalue weighted by Crippen LogP contribution is 2.31. The topological polar surface area (TPSA) is 47.6 Å². The predicted octanol–water partition coefficient (Wildman–Crippen LogP) is 5.96. The fourth-order valence-corrected chi connectivity index (χ4v) is 2.88. The maximum Gasteiger partial charge on any atom is 0.407 e. The molecule has 0 saturated carbocycles. The first kappa shape index (κ1) is 20.5. The van der Waals surface area contributed by atoms with Crippen molar-refractivity contribution in [2.75, 3.05) is 0 Å². The monoisotopic (exact) mass is 389 g/mol. The van der Waals surface area contributed by atoms with Gasteiger partial charge in [-0.15, -0.1) is 0 Å². The van der Waals surface area contributed by atoms with Crippen molar-refractivity contribution in [2.45, 2.75) is 39.5 Å². The molecule has 0 heterocycles. The van der Waals surface area contributed by atoms with Crippen LogP contribution in [0.4, 0.5) is 4.79 Å². The van der Waals surface area contributed by atoms with Gasteiger partial charge in [-0.05, 0) is 43.5 Å². The number of amides is 1. The van der Waals surface area contributed by atoms with Gasteiger partial charge in [-0.3, -0.25) is 0 Å². The smallest absolute Gasteiger partial charge is 0.407 e. The number of benzene rings is 3. The number of hydrogen-bond donors (Lipinski definition) is 1. The zero-order chi connectivity index (χ0) is 20.7. The van der Waals surface area contributed by atoms with Crippen molar-refractivity contribution in [2.24, 2.45) is 0 Å². The molecule has 0 aliphatic carbocycles. The second-order valence-corrected chi connectivity index (χ2v) is 7.83. The molecule has 1 N–H and O–H groups in total. The molecule has 0 bridgehead atoms. The first-order chi connectivity index (χ1) is 13.9. The summed E-state index contributed by atoms with van der Waals surface area (Å²) in [6.07, 6.45) is -0.434. The molecule has 3 aromatic carbocycles. The molecule has 3 aromatic rings. The van der Waals surface area contributed by atoms with Gasteiger partial charge in [0.2, 0.25) is 0 Å². The molecule has 4 nitrogen and oxygen atoms in total. The van der Waals surface area contributed by atoms with Crippen LogP contribution in [0.25, 0.3) is 11.1 Å². The summed E-state index contributed by atoms with van der Waals surface area (Å²) in [6, 6.07) is 26.2. The van der Waals surface area contributed by atoms with Crippen LogP contribution < -0.4 is 10.1 Å². The Morgan fingerprint density at radius 3 is 2.17 bits per heavy atom. The normalized spacial score (nSPS) is 11.0. The van der Waals surface area contributed by atoms with Gasteiger partial charge in [0.15, 0.2) is 0 Å². The van der Waals surface area contributed by atoms with E-state index in [1.165, 1.54) is 0 Å². The predicted molar refractivity (Wildman–Crippen MR) is 116 cm³/mol. The molecule has 0 aromatic heterocycles. The molecule has 0 atom stereocenters. The number of carbonyl (C=O) groups is 1. The van der Waals surface area contributed by atoms with Crippen LogP contribution in [0.3, 0.4) is 0 Å². The van der Waals surface area contributed by atoms with Gasteiger partial charge < -0.3 is 14.8 Å². The maximum atomic E-state index is 12.0. The van der Waals surface area contributed by atoms with E-state index >= 15 is 0 Å². The van der Waals surface area contributed by atoms with Crippen LogP contribution in [0.1, 0.15) is 31.9 Å². The lowest BCUT2D eigenvalue weighted by atomic mass is 10.0. The Morgan fingerprint density at radius 1 is 0.862 bits per heavy atom. The number of nitrogens with one attached hydrogen (secondary N) is 1. The summed E-state index contributed by atoms with van der Waals surface area (Å²) in [7, 11) is 0. The van der Waals surface area contributed by atoms with E-state index in [4.69, 9.17) is 9.47 Å². The molecular formula is C25H27NO3. The van der Waals surface area contributed by atoms with Crippen molar-refractivity contribution < 1.29 is 14.3 Å². The summed E-state index contributed by atoms with van der Waals surface area (Å²) in [5, 5.41) is 2.80. The van der Waals surface area contributed by atoms with E-state index in [-0.39, 0.29) is 0 Å². The van der Waals surface area contributed by atoms with Crippen molar-refractivity contribution in [1.29, 1.82) is 0 Å². The van der Waals surface area contributed by atoms with E-state index in [0.29, 0.717) is 13.2 Å². The minimum absolute atomic E-state index is 0.367. The number of ether oxygens (including phenoxy) is 2. The van der Waals surface area contributed by atoms with Gasteiger partial charge in [0.05, 0.1) is 0 Å². The van der Waals surface area contributed by atoms with Crippen molar-refractivity contribution >= 4 is 6.09 Å². The molecule has 0 saturated heterocycles. The Hall–Kier alpha value is -3.27. The average Bonchev–Trinajstić information content (AvgIpc) is 2.71. The van der Waals surface area contributed by atoms with E-state index in [1.807, 2.05) is 87.5 Å². The van der Waals surface area contributed by atoms with Crippen molar-refractivity contribution in [3.63, 3.8) is 0 Å². The van der Waals surface area contributed by atoms with Gasteiger partial charge in [0.1, 0.15) is 18.0 Å². The molecule has 0 fully saturated rings. The van der Waals surface area contributed by atoms with Crippen LogP contribution >= 0.6 is 0 Å². The molecule has 150 valence electrons. The van der Waals surface area contributed by atoms with Gasteiger partial charge >= 0.3 is 6.09 Å². The molecule has 0 aliphatic heterocycles. The summed E-state index contributed by atoms with van der Waals surface area (Å²) in [4.78, 5) is 12.0. The third-order valence-corrected chi connectivity index (χ3v) is 4.20. The lowest BCUT2D eigenvalue weighted by Crippen LogP contribution is -2.32. The molecule has 0 unspecified atom stereocenters. The van der Waals surface area contributed by atoms with Crippen molar-refractivity contribution in [3.05, 3.63) is 90.0 Å². The Labute approximate surface area is 172 Å². The first-order valence-corrected chi connectivity index (χ1v) is 9.73. The lowest BCUT2D eigenvalue weighted by Gasteiger charge is -2.20. The van der Waals surface area contributed by atoms with Gasteiger partial charge in [0.25, 0.3) is 0 Å². The van der Waals surface area contributed by atoms with Crippen LogP contribution in [0.15, 0.2) is 78.9 Å². The number of carbonyl (C=O) groups excluding carboxylic acids is 1. The Kier molecular flexibility index (Phi) is 6.55. The van der Waals surface area contributed by atoms with Crippen LogP contribution in [-0.2, 0) is 17.9 Å². The van der Waals surface area contributed by atoms with E-state index in [2.05, 4.69) is 17.4 Å². The summed E-state index contributed by atoms with van der Waals surface area (Å²) in [6.45, 7) is 6.37. The second kappa shape index (κ2) is 9.28. The summed E-state index contributed by atoms with van der Waals surface area (Å²) >= 11 is 0. The molecule has 4 heteroatoms. The van der Waals surface area contributed by atoms with Crippen LogP contribution in [-0.4, -0.2) is 11.7 Å². The minimum atomic E-state index is -0.523. The van der Waals surface area contributed by atoms with Gasteiger partial charge in [-0.2, -0.15) is 0 Å². The van der Waals surface area contributed by atoms with Gasteiger partial charge in [-0.25, -0.2) is 4.79 Å². The minimum Gasteiger partial charge on any atom is -0.488 e. The average molecular weight is 389 g/mol.